The summed E-state index contributed by atoms with van der Waals surface area (Å²) in [6.45, 7) is 3.27. The van der Waals surface area contributed by atoms with Gasteiger partial charge in [0.25, 0.3) is 11.1 Å². The zero-order chi connectivity index (χ0) is 18.4. The lowest BCUT2D eigenvalue weighted by molar-refractivity contribution is -0.119. The lowest BCUT2D eigenvalue weighted by atomic mass is 10.3. The summed E-state index contributed by atoms with van der Waals surface area (Å²) in [7, 11) is 1.16. The van der Waals surface area contributed by atoms with Crippen molar-refractivity contribution in [3.63, 3.8) is 0 Å². The summed E-state index contributed by atoms with van der Waals surface area (Å²) in [5.74, 6) is -0.262. The average molecular weight is 369 g/mol. The van der Waals surface area contributed by atoms with Crippen LogP contribution in [0.4, 0.5) is 9.18 Å². The molecule has 2 amide bonds. The van der Waals surface area contributed by atoms with Crippen LogP contribution in [0.3, 0.4) is 0 Å². The van der Waals surface area contributed by atoms with Crippen LogP contribution in [0.15, 0.2) is 33.9 Å². The van der Waals surface area contributed by atoms with E-state index in [9.17, 15) is 14.0 Å². The van der Waals surface area contributed by atoms with Gasteiger partial charge in [0, 0.05) is 0 Å². The van der Waals surface area contributed by atoms with E-state index in [2.05, 4.69) is 20.3 Å². The molecule has 0 aliphatic carbocycles. The predicted molar refractivity (Wildman–Crippen MR) is 85.6 cm³/mol. The van der Waals surface area contributed by atoms with E-state index in [1.165, 1.54) is 24.3 Å². The standard InChI is InChI=1S/C15H16FN3O5S/c1-8(23-11-6-4-10(16)5-7-11)13-18-19-15(24-13)25-9(2)12(20)17-14(21)22-3/h4-9H,1-3H3,(H,17,20,21)/t8-,9-/m1/s1. The van der Waals surface area contributed by atoms with Crippen molar-refractivity contribution in [3.8, 4) is 5.75 Å². The highest BCUT2D eigenvalue weighted by molar-refractivity contribution is 8.00. The highest BCUT2D eigenvalue weighted by Crippen LogP contribution is 2.26. The Labute approximate surface area is 147 Å². The first kappa shape index (κ1) is 18.7. The number of benzene rings is 1. The Morgan fingerprint density at radius 3 is 2.56 bits per heavy atom. The number of alkyl carbamates (subject to hydrolysis) is 1. The number of rotatable bonds is 6. The van der Waals surface area contributed by atoms with Gasteiger partial charge in [-0.05, 0) is 38.1 Å². The maximum Gasteiger partial charge on any atom is 0.413 e. The van der Waals surface area contributed by atoms with E-state index < -0.39 is 23.4 Å². The van der Waals surface area contributed by atoms with Gasteiger partial charge in [-0.25, -0.2) is 9.18 Å². The molecule has 0 aliphatic rings. The van der Waals surface area contributed by atoms with Crippen molar-refractivity contribution in [1.29, 1.82) is 0 Å². The van der Waals surface area contributed by atoms with Crippen LogP contribution in [0.5, 0.6) is 5.75 Å². The number of imide groups is 1. The summed E-state index contributed by atoms with van der Waals surface area (Å²) in [4.78, 5) is 22.8. The molecule has 0 saturated heterocycles. The number of hydrogen-bond donors (Lipinski definition) is 1. The minimum Gasteiger partial charge on any atom is -0.481 e. The van der Waals surface area contributed by atoms with Crippen molar-refractivity contribution in [2.45, 2.75) is 30.4 Å². The summed E-state index contributed by atoms with van der Waals surface area (Å²) < 4.78 is 28.2. The third-order valence-electron chi connectivity index (χ3n) is 2.95. The molecule has 1 aromatic carbocycles. The van der Waals surface area contributed by atoms with Crippen LogP contribution < -0.4 is 10.1 Å². The number of aromatic nitrogens is 2. The van der Waals surface area contributed by atoms with Crippen LogP contribution in [0.1, 0.15) is 25.8 Å². The molecular weight excluding hydrogens is 353 g/mol. The van der Waals surface area contributed by atoms with E-state index in [1.54, 1.807) is 13.8 Å². The number of ether oxygens (including phenoxy) is 2. The molecule has 8 nitrogen and oxygen atoms in total. The van der Waals surface area contributed by atoms with Crippen molar-refractivity contribution in [2.75, 3.05) is 7.11 Å². The molecule has 1 heterocycles. The first-order valence-corrected chi connectivity index (χ1v) is 8.08. The largest absolute Gasteiger partial charge is 0.481 e. The summed E-state index contributed by atoms with van der Waals surface area (Å²) >= 11 is 0.985. The zero-order valence-electron chi connectivity index (χ0n) is 13.7. The Hall–Kier alpha value is -2.62. The molecule has 0 unspecified atom stereocenters. The fourth-order valence-electron chi connectivity index (χ4n) is 1.66. The summed E-state index contributed by atoms with van der Waals surface area (Å²) in [6, 6.07) is 5.52. The lowest BCUT2D eigenvalue weighted by Crippen LogP contribution is -2.35. The van der Waals surface area contributed by atoms with E-state index >= 15 is 0 Å². The molecule has 0 fully saturated rings. The molecule has 134 valence electrons. The Bertz CT molecular complexity index is 737. The molecule has 1 N–H and O–H groups in total. The van der Waals surface area contributed by atoms with E-state index in [0.29, 0.717) is 5.75 Å². The summed E-state index contributed by atoms with van der Waals surface area (Å²) in [6.07, 6.45) is -1.41. The number of halogens is 1. The minimum atomic E-state index is -0.843. The van der Waals surface area contributed by atoms with E-state index in [4.69, 9.17) is 9.15 Å². The first-order valence-electron chi connectivity index (χ1n) is 7.20. The smallest absolute Gasteiger partial charge is 0.413 e. The highest BCUT2D eigenvalue weighted by atomic mass is 32.2. The molecule has 1 aromatic heterocycles. The Kier molecular flexibility index (Phi) is 6.34. The number of methoxy groups -OCH3 is 1. The highest BCUT2D eigenvalue weighted by Gasteiger charge is 2.22. The van der Waals surface area contributed by atoms with Gasteiger partial charge in [0.1, 0.15) is 11.6 Å². The van der Waals surface area contributed by atoms with Gasteiger partial charge in [-0.3, -0.25) is 10.1 Å². The molecule has 0 radical (unpaired) electrons. The van der Waals surface area contributed by atoms with Crippen molar-refractivity contribution < 1.29 is 27.9 Å². The van der Waals surface area contributed by atoms with Crippen LogP contribution in [0, 0.1) is 5.82 Å². The fourth-order valence-corrected chi connectivity index (χ4v) is 2.35. The second-order valence-electron chi connectivity index (χ2n) is 4.86. The van der Waals surface area contributed by atoms with Gasteiger partial charge >= 0.3 is 6.09 Å². The number of carbonyl (C=O) groups is 2. The number of nitrogens with zero attached hydrogens (tertiary/aromatic N) is 2. The zero-order valence-corrected chi connectivity index (χ0v) is 14.5. The van der Waals surface area contributed by atoms with E-state index in [-0.39, 0.29) is 16.9 Å². The van der Waals surface area contributed by atoms with Crippen molar-refractivity contribution in [1.82, 2.24) is 15.5 Å². The van der Waals surface area contributed by atoms with Crippen LogP contribution in [-0.4, -0.2) is 34.6 Å². The third kappa shape index (κ3) is 5.45. The SMILES string of the molecule is COC(=O)NC(=O)[C@@H](C)Sc1nnc([C@@H](C)Oc2ccc(F)cc2)o1. The van der Waals surface area contributed by atoms with Gasteiger partial charge in [0.15, 0.2) is 6.10 Å². The molecule has 10 heteroatoms. The Morgan fingerprint density at radius 1 is 1.24 bits per heavy atom. The summed E-state index contributed by atoms with van der Waals surface area (Å²) in [5.41, 5.74) is 0. The molecule has 0 bridgehead atoms. The fraction of sp³-hybridized carbons (Fsp3) is 0.333. The lowest BCUT2D eigenvalue weighted by Gasteiger charge is -2.10. The maximum atomic E-state index is 12.9. The molecule has 0 aliphatic heterocycles. The number of carbonyl (C=O) groups excluding carboxylic acids is 2. The van der Waals surface area contributed by atoms with Crippen LogP contribution >= 0.6 is 11.8 Å². The monoisotopic (exact) mass is 369 g/mol. The molecular formula is C15H16FN3O5S. The number of amides is 2. The second kappa shape index (κ2) is 8.47. The number of thioether (sulfide) groups is 1. The van der Waals surface area contributed by atoms with Gasteiger partial charge in [0.2, 0.25) is 5.91 Å². The molecule has 2 atom stereocenters. The van der Waals surface area contributed by atoms with Gasteiger partial charge < -0.3 is 13.9 Å². The van der Waals surface area contributed by atoms with Crippen molar-refractivity contribution >= 4 is 23.8 Å². The van der Waals surface area contributed by atoms with E-state index in [0.717, 1.165) is 18.9 Å². The Balaban J connectivity index is 1.93. The first-order chi connectivity index (χ1) is 11.9. The van der Waals surface area contributed by atoms with Crippen LogP contribution in [0.2, 0.25) is 0 Å². The predicted octanol–water partition coefficient (Wildman–Crippen LogP) is 2.71. The Morgan fingerprint density at radius 2 is 1.92 bits per heavy atom. The van der Waals surface area contributed by atoms with Crippen molar-refractivity contribution in [2.24, 2.45) is 0 Å². The maximum absolute atomic E-state index is 12.9. The molecule has 0 saturated carbocycles. The van der Waals surface area contributed by atoms with Gasteiger partial charge in [-0.1, -0.05) is 11.8 Å². The van der Waals surface area contributed by atoms with Gasteiger partial charge in [0.05, 0.1) is 12.4 Å². The molecule has 25 heavy (non-hydrogen) atoms. The average Bonchev–Trinajstić information content (AvgIpc) is 3.05. The van der Waals surface area contributed by atoms with Gasteiger partial charge in [-0.2, -0.15) is 0 Å². The molecule has 2 aromatic rings. The normalized spacial score (nSPS) is 13.0. The number of hydrogen-bond acceptors (Lipinski definition) is 8. The van der Waals surface area contributed by atoms with Crippen LogP contribution in [0.25, 0.3) is 0 Å². The third-order valence-corrected chi connectivity index (χ3v) is 3.89. The second-order valence-corrected chi connectivity index (χ2v) is 6.15. The quantitative estimate of drug-likeness (QED) is 0.775. The molecule has 2 rings (SSSR count). The minimum absolute atomic E-state index is 0.150. The van der Waals surface area contributed by atoms with Crippen LogP contribution in [-0.2, 0) is 9.53 Å². The molecule has 0 spiro atoms. The topological polar surface area (TPSA) is 104 Å². The van der Waals surface area contributed by atoms with Crippen molar-refractivity contribution in [3.05, 3.63) is 36.0 Å². The summed E-state index contributed by atoms with van der Waals surface area (Å²) in [5, 5.41) is 9.23. The van der Waals surface area contributed by atoms with Gasteiger partial charge in [-0.15, -0.1) is 10.2 Å². The number of nitrogens with one attached hydrogen (secondary N) is 1. The van der Waals surface area contributed by atoms with E-state index in [1.807, 2.05) is 0 Å².